The summed E-state index contributed by atoms with van der Waals surface area (Å²) in [4.78, 5) is 30.5. The predicted octanol–water partition coefficient (Wildman–Crippen LogP) is 4.27. The zero-order chi connectivity index (χ0) is 23.2. The van der Waals surface area contributed by atoms with Gasteiger partial charge in [0.1, 0.15) is 11.6 Å². The predicted molar refractivity (Wildman–Crippen MR) is 124 cm³/mol. The van der Waals surface area contributed by atoms with Gasteiger partial charge in [0.15, 0.2) is 0 Å². The van der Waals surface area contributed by atoms with Gasteiger partial charge in [-0.3, -0.25) is 9.78 Å². The number of carbonyl (C=O) groups is 1. The minimum Gasteiger partial charge on any atom is -0.493 e. The lowest BCUT2D eigenvalue weighted by atomic mass is 9.94. The number of aromatic nitrogens is 3. The van der Waals surface area contributed by atoms with Crippen LogP contribution in [0.2, 0.25) is 0 Å². The fourth-order valence-electron chi connectivity index (χ4n) is 4.08. The molecule has 0 aliphatic carbocycles. The molecule has 0 bridgehead atoms. The minimum atomic E-state index is -0.362. The lowest BCUT2D eigenvalue weighted by Gasteiger charge is -2.36. The van der Waals surface area contributed by atoms with Gasteiger partial charge in [-0.2, -0.15) is 0 Å². The number of likely N-dealkylation sites (tertiary alicyclic amines) is 1. The molecule has 3 heterocycles. The van der Waals surface area contributed by atoms with E-state index < -0.39 is 0 Å². The van der Waals surface area contributed by atoms with Crippen LogP contribution in [0.3, 0.4) is 0 Å². The highest BCUT2D eigenvalue weighted by Crippen LogP contribution is 2.36. The van der Waals surface area contributed by atoms with E-state index in [9.17, 15) is 9.18 Å². The van der Waals surface area contributed by atoms with Gasteiger partial charge in [0.25, 0.3) is 0 Å². The maximum absolute atomic E-state index is 13.4. The summed E-state index contributed by atoms with van der Waals surface area (Å²) in [5.74, 6) is 0.667. The van der Waals surface area contributed by atoms with Crippen LogP contribution in [0.15, 0.2) is 55.0 Å². The molecule has 1 amide bonds. The van der Waals surface area contributed by atoms with E-state index in [1.807, 2.05) is 42.2 Å². The molecule has 0 N–H and O–H groups in total. The van der Waals surface area contributed by atoms with Crippen molar-refractivity contribution in [2.45, 2.75) is 31.7 Å². The minimum absolute atomic E-state index is 0.00166. The van der Waals surface area contributed by atoms with Gasteiger partial charge in [0, 0.05) is 50.9 Å². The highest BCUT2D eigenvalue weighted by Gasteiger charge is 2.31. The highest BCUT2D eigenvalue weighted by atomic mass is 19.1. The van der Waals surface area contributed by atoms with Gasteiger partial charge in [-0.25, -0.2) is 14.4 Å². The molecule has 0 saturated carbocycles. The highest BCUT2D eigenvalue weighted by molar-refractivity contribution is 5.77. The van der Waals surface area contributed by atoms with Crippen molar-refractivity contribution in [3.05, 3.63) is 66.5 Å². The van der Waals surface area contributed by atoms with Crippen LogP contribution in [0.4, 0.5) is 10.3 Å². The van der Waals surface area contributed by atoms with Crippen molar-refractivity contribution >= 4 is 11.9 Å². The molecule has 172 valence electrons. The second-order valence-electron chi connectivity index (χ2n) is 8.25. The van der Waals surface area contributed by atoms with E-state index in [1.165, 1.54) is 12.1 Å². The molecule has 1 atom stereocenters. The van der Waals surface area contributed by atoms with Gasteiger partial charge in [-0.15, -0.1) is 0 Å². The molecule has 1 unspecified atom stereocenters. The van der Waals surface area contributed by atoms with E-state index in [0.29, 0.717) is 18.2 Å². The van der Waals surface area contributed by atoms with Crippen LogP contribution in [0.1, 0.15) is 37.4 Å². The number of anilines is 1. The van der Waals surface area contributed by atoms with Gasteiger partial charge in [-0.1, -0.05) is 6.07 Å². The van der Waals surface area contributed by atoms with E-state index in [0.717, 1.165) is 36.1 Å². The average molecular weight is 450 g/mol. The third kappa shape index (κ3) is 5.45. The second-order valence-corrected chi connectivity index (χ2v) is 8.25. The van der Waals surface area contributed by atoms with Crippen molar-refractivity contribution in [3.8, 4) is 16.9 Å². The third-order valence-corrected chi connectivity index (χ3v) is 5.72. The van der Waals surface area contributed by atoms with E-state index >= 15 is 0 Å². The quantitative estimate of drug-likeness (QED) is 0.537. The third-order valence-electron chi connectivity index (χ3n) is 5.72. The Morgan fingerprint density at radius 1 is 1.21 bits per heavy atom. The molecule has 1 fully saturated rings. The van der Waals surface area contributed by atoms with Gasteiger partial charge < -0.3 is 14.5 Å². The second kappa shape index (κ2) is 10.4. The molecule has 7 nitrogen and oxygen atoms in total. The molecule has 2 aromatic heterocycles. The van der Waals surface area contributed by atoms with E-state index in [1.54, 1.807) is 24.5 Å². The Hall–Kier alpha value is -3.55. The maximum Gasteiger partial charge on any atom is 0.226 e. The number of benzene rings is 1. The Morgan fingerprint density at radius 3 is 2.79 bits per heavy atom. The lowest BCUT2D eigenvalue weighted by Crippen LogP contribution is -2.39. The SMILES string of the molecule is CN(C)c1ncc(-c2ccncc2)c(C2CCCCN2C(=O)CCOc2cccc(F)c2)n1. The number of pyridine rings is 1. The van der Waals surface area contributed by atoms with Gasteiger partial charge >= 0.3 is 0 Å². The molecule has 1 aliphatic heterocycles. The average Bonchev–Trinajstić information content (AvgIpc) is 2.84. The Bertz CT molecular complexity index is 1090. The van der Waals surface area contributed by atoms with Gasteiger partial charge in [0.05, 0.1) is 24.8 Å². The number of ether oxygens (including phenoxy) is 1. The molecule has 1 aromatic carbocycles. The summed E-state index contributed by atoms with van der Waals surface area (Å²) >= 11 is 0. The van der Waals surface area contributed by atoms with Crippen molar-refractivity contribution in [1.29, 1.82) is 0 Å². The smallest absolute Gasteiger partial charge is 0.226 e. The van der Waals surface area contributed by atoms with Crippen LogP contribution in [0.5, 0.6) is 5.75 Å². The van der Waals surface area contributed by atoms with E-state index in [4.69, 9.17) is 9.72 Å². The first-order valence-corrected chi connectivity index (χ1v) is 11.2. The standard InChI is InChI=1S/C25H28FN5O2/c1-30(2)25-28-17-21(18-9-12-27-13-10-18)24(29-25)22-8-3-4-14-31(22)23(32)11-15-33-20-7-5-6-19(26)16-20/h5-7,9-10,12-13,16-17,22H,3-4,8,11,14-15H2,1-2H3. The summed E-state index contributed by atoms with van der Waals surface area (Å²) in [6, 6.07) is 9.66. The number of rotatable bonds is 7. The maximum atomic E-state index is 13.4. The zero-order valence-corrected chi connectivity index (χ0v) is 18.9. The van der Waals surface area contributed by atoms with Crippen molar-refractivity contribution < 1.29 is 13.9 Å². The molecule has 1 aliphatic rings. The Morgan fingerprint density at radius 2 is 2.03 bits per heavy atom. The monoisotopic (exact) mass is 449 g/mol. The summed E-state index contributed by atoms with van der Waals surface area (Å²) in [7, 11) is 3.80. The summed E-state index contributed by atoms with van der Waals surface area (Å²) in [5, 5.41) is 0. The molecular formula is C25H28FN5O2. The fraction of sp³-hybridized carbons (Fsp3) is 0.360. The van der Waals surface area contributed by atoms with Crippen molar-refractivity contribution in [1.82, 2.24) is 19.9 Å². The zero-order valence-electron chi connectivity index (χ0n) is 18.9. The van der Waals surface area contributed by atoms with Gasteiger partial charge in [-0.05, 0) is 49.1 Å². The molecule has 0 spiro atoms. The largest absolute Gasteiger partial charge is 0.493 e. The van der Waals surface area contributed by atoms with E-state index in [2.05, 4.69) is 9.97 Å². The first kappa shape index (κ1) is 22.6. The Balaban J connectivity index is 1.57. The fourth-order valence-corrected chi connectivity index (χ4v) is 4.08. The number of amides is 1. The van der Waals surface area contributed by atoms with Crippen LogP contribution in [-0.2, 0) is 4.79 Å². The van der Waals surface area contributed by atoms with Crippen LogP contribution in [0, 0.1) is 5.82 Å². The van der Waals surface area contributed by atoms with E-state index in [-0.39, 0.29) is 30.8 Å². The number of halogens is 1. The first-order chi connectivity index (χ1) is 16.0. The summed E-state index contributed by atoms with van der Waals surface area (Å²) in [6.45, 7) is 0.857. The molecule has 3 aromatic rings. The number of hydrogen-bond acceptors (Lipinski definition) is 6. The summed E-state index contributed by atoms with van der Waals surface area (Å²) < 4.78 is 19.0. The van der Waals surface area contributed by atoms with Crippen LogP contribution < -0.4 is 9.64 Å². The van der Waals surface area contributed by atoms with Crippen LogP contribution in [-0.4, -0.2) is 53.0 Å². The van der Waals surface area contributed by atoms with Crippen LogP contribution in [0.25, 0.3) is 11.1 Å². The van der Waals surface area contributed by atoms with Crippen molar-refractivity contribution in [3.63, 3.8) is 0 Å². The molecule has 1 saturated heterocycles. The Kier molecular flexibility index (Phi) is 7.12. The number of piperidine rings is 1. The summed E-state index contributed by atoms with van der Waals surface area (Å²) in [6.07, 6.45) is 8.33. The Labute approximate surface area is 193 Å². The van der Waals surface area contributed by atoms with Crippen molar-refractivity contribution in [2.24, 2.45) is 0 Å². The van der Waals surface area contributed by atoms with Gasteiger partial charge in [0.2, 0.25) is 11.9 Å². The molecule has 0 radical (unpaired) electrons. The number of hydrogen-bond donors (Lipinski definition) is 0. The molecule has 4 rings (SSSR count). The lowest BCUT2D eigenvalue weighted by molar-refractivity contribution is -0.135. The number of nitrogens with zero attached hydrogens (tertiary/aromatic N) is 5. The molecular weight excluding hydrogens is 421 g/mol. The van der Waals surface area contributed by atoms with Crippen molar-refractivity contribution in [2.75, 3.05) is 32.1 Å². The molecule has 33 heavy (non-hydrogen) atoms. The summed E-state index contributed by atoms with van der Waals surface area (Å²) in [5.41, 5.74) is 2.72. The normalized spacial score (nSPS) is 15.8. The number of carbonyl (C=O) groups excluding carboxylic acids is 1. The molecule has 8 heteroatoms. The van der Waals surface area contributed by atoms with Crippen LogP contribution >= 0.6 is 0 Å². The topological polar surface area (TPSA) is 71.5 Å². The first-order valence-electron chi connectivity index (χ1n) is 11.2.